The molecule has 0 amide bonds. The minimum atomic E-state index is -0.0266. The lowest BCUT2D eigenvalue weighted by molar-refractivity contribution is -0.0687. The first-order chi connectivity index (χ1) is 9.72. The lowest BCUT2D eigenvalue weighted by atomic mass is 9.76. The second-order valence-electron chi connectivity index (χ2n) is 6.13. The SMILES string of the molecule is CCCNC(c1cccc(C)c1)C1(OC)CCCCC1. The normalized spacial score (nSPS) is 19.8. The highest BCUT2D eigenvalue weighted by atomic mass is 16.5. The molecule has 1 aliphatic carbocycles. The van der Waals surface area contributed by atoms with Crippen LogP contribution in [-0.4, -0.2) is 19.3 Å². The molecule has 0 spiro atoms. The molecule has 0 saturated heterocycles. The van der Waals surface area contributed by atoms with Crippen molar-refractivity contribution < 1.29 is 4.74 Å². The summed E-state index contributed by atoms with van der Waals surface area (Å²) < 4.78 is 6.07. The molecule has 1 aromatic carbocycles. The van der Waals surface area contributed by atoms with Crippen LogP contribution in [0.15, 0.2) is 24.3 Å². The molecule has 1 atom stereocenters. The quantitative estimate of drug-likeness (QED) is 0.831. The highest BCUT2D eigenvalue weighted by Crippen LogP contribution is 2.41. The van der Waals surface area contributed by atoms with E-state index < -0.39 is 0 Å². The molecule has 112 valence electrons. The monoisotopic (exact) mass is 275 g/mol. The number of ether oxygens (including phenoxy) is 1. The van der Waals surface area contributed by atoms with Gasteiger partial charge < -0.3 is 10.1 Å². The van der Waals surface area contributed by atoms with Crippen LogP contribution in [-0.2, 0) is 4.74 Å². The zero-order chi connectivity index (χ0) is 14.4. The van der Waals surface area contributed by atoms with E-state index in [0.29, 0.717) is 6.04 Å². The summed E-state index contributed by atoms with van der Waals surface area (Å²) in [7, 11) is 1.89. The molecule has 1 N–H and O–H groups in total. The fourth-order valence-corrected chi connectivity index (χ4v) is 3.51. The number of nitrogens with one attached hydrogen (secondary N) is 1. The van der Waals surface area contributed by atoms with Gasteiger partial charge in [0.05, 0.1) is 11.6 Å². The number of rotatable bonds is 6. The Kier molecular flexibility index (Phi) is 5.62. The van der Waals surface area contributed by atoms with Crippen molar-refractivity contribution in [1.29, 1.82) is 0 Å². The van der Waals surface area contributed by atoms with Crippen LogP contribution in [0, 0.1) is 6.92 Å². The molecule has 1 aliphatic rings. The Hall–Kier alpha value is -0.860. The molecule has 0 radical (unpaired) electrons. The van der Waals surface area contributed by atoms with E-state index in [1.165, 1.54) is 43.2 Å². The van der Waals surface area contributed by atoms with E-state index in [9.17, 15) is 0 Å². The van der Waals surface area contributed by atoms with E-state index >= 15 is 0 Å². The zero-order valence-electron chi connectivity index (χ0n) is 13.2. The Labute approximate surface area is 123 Å². The van der Waals surface area contributed by atoms with Crippen LogP contribution >= 0.6 is 0 Å². The lowest BCUT2D eigenvalue weighted by Crippen LogP contribution is -2.47. The number of hydrogen-bond donors (Lipinski definition) is 1. The Morgan fingerprint density at radius 3 is 2.60 bits per heavy atom. The molecule has 2 nitrogen and oxygen atoms in total. The summed E-state index contributed by atoms with van der Waals surface area (Å²) in [5.74, 6) is 0. The van der Waals surface area contributed by atoms with E-state index in [4.69, 9.17) is 4.74 Å². The molecule has 0 aromatic heterocycles. The molecule has 1 aromatic rings. The van der Waals surface area contributed by atoms with Gasteiger partial charge in [0.15, 0.2) is 0 Å². The van der Waals surface area contributed by atoms with Crippen molar-refractivity contribution >= 4 is 0 Å². The van der Waals surface area contributed by atoms with Crippen molar-refractivity contribution in [3.63, 3.8) is 0 Å². The maximum atomic E-state index is 6.07. The van der Waals surface area contributed by atoms with Gasteiger partial charge in [-0.1, -0.05) is 56.0 Å². The third-order valence-electron chi connectivity index (χ3n) is 4.61. The average Bonchev–Trinajstić information content (AvgIpc) is 2.48. The average molecular weight is 275 g/mol. The Balaban J connectivity index is 2.29. The molecule has 0 heterocycles. The standard InChI is InChI=1S/C18H29NO/c1-4-13-19-17(16-10-8-9-15(2)14-16)18(20-3)11-6-5-7-12-18/h8-10,14,17,19H,4-7,11-13H2,1-3H3. The first kappa shape index (κ1) is 15.5. The molecule has 1 saturated carbocycles. The fourth-order valence-electron chi connectivity index (χ4n) is 3.51. The van der Waals surface area contributed by atoms with Gasteiger partial charge in [-0.25, -0.2) is 0 Å². The zero-order valence-corrected chi connectivity index (χ0v) is 13.2. The van der Waals surface area contributed by atoms with Gasteiger partial charge in [-0.2, -0.15) is 0 Å². The number of hydrogen-bond acceptors (Lipinski definition) is 2. The summed E-state index contributed by atoms with van der Waals surface area (Å²) in [6.45, 7) is 5.44. The van der Waals surface area contributed by atoms with Gasteiger partial charge in [-0.15, -0.1) is 0 Å². The summed E-state index contributed by atoms with van der Waals surface area (Å²) in [5, 5.41) is 3.75. The highest BCUT2D eigenvalue weighted by Gasteiger charge is 2.40. The number of methoxy groups -OCH3 is 1. The number of benzene rings is 1. The third-order valence-corrected chi connectivity index (χ3v) is 4.61. The van der Waals surface area contributed by atoms with E-state index in [-0.39, 0.29) is 5.60 Å². The minimum absolute atomic E-state index is 0.0266. The Bertz CT molecular complexity index is 410. The number of aryl methyl sites for hydroxylation is 1. The van der Waals surface area contributed by atoms with Gasteiger partial charge >= 0.3 is 0 Å². The van der Waals surface area contributed by atoms with Gasteiger partial charge in [0.25, 0.3) is 0 Å². The molecule has 2 heteroatoms. The molecule has 0 aliphatic heterocycles. The van der Waals surface area contributed by atoms with Crippen molar-refractivity contribution in [2.75, 3.05) is 13.7 Å². The van der Waals surface area contributed by atoms with Gasteiger partial charge in [0.2, 0.25) is 0 Å². The van der Waals surface area contributed by atoms with Crippen LogP contribution < -0.4 is 5.32 Å². The molecule has 0 bridgehead atoms. The maximum Gasteiger partial charge on any atom is 0.0872 e. The van der Waals surface area contributed by atoms with Gasteiger partial charge in [0.1, 0.15) is 0 Å². The first-order valence-corrected chi connectivity index (χ1v) is 8.07. The van der Waals surface area contributed by atoms with E-state index in [2.05, 4.69) is 43.4 Å². The topological polar surface area (TPSA) is 21.3 Å². The van der Waals surface area contributed by atoms with Crippen molar-refractivity contribution in [2.24, 2.45) is 0 Å². The van der Waals surface area contributed by atoms with Crippen LogP contribution in [0.1, 0.15) is 62.6 Å². The van der Waals surface area contributed by atoms with Crippen molar-refractivity contribution in [1.82, 2.24) is 5.32 Å². The molecule has 1 unspecified atom stereocenters. The van der Waals surface area contributed by atoms with Gasteiger partial charge in [0, 0.05) is 7.11 Å². The predicted molar refractivity (Wildman–Crippen MR) is 85.0 cm³/mol. The van der Waals surface area contributed by atoms with E-state index in [0.717, 1.165) is 13.0 Å². The fraction of sp³-hybridized carbons (Fsp3) is 0.667. The van der Waals surface area contributed by atoms with E-state index in [1.807, 2.05) is 7.11 Å². The van der Waals surface area contributed by atoms with Crippen molar-refractivity contribution in [3.05, 3.63) is 35.4 Å². The molecular weight excluding hydrogens is 246 g/mol. The van der Waals surface area contributed by atoms with Crippen LogP contribution in [0.2, 0.25) is 0 Å². The largest absolute Gasteiger partial charge is 0.376 e. The third kappa shape index (κ3) is 3.42. The summed E-state index contributed by atoms with van der Waals surface area (Å²) in [6.07, 6.45) is 7.40. The highest BCUT2D eigenvalue weighted by molar-refractivity contribution is 5.27. The lowest BCUT2D eigenvalue weighted by Gasteiger charge is -2.43. The van der Waals surface area contributed by atoms with Crippen LogP contribution in [0.5, 0.6) is 0 Å². The van der Waals surface area contributed by atoms with Gasteiger partial charge in [-0.05, 0) is 38.3 Å². The molecule has 2 rings (SSSR count). The van der Waals surface area contributed by atoms with E-state index in [1.54, 1.807) is 0 Å². The summed E-state index contributed by atoms with van der Waals surface area (Å²) >= 11 is 0. The van der Waals surface area contributed by atoms with Crippen LogP contribution in [0.25, 0.3) is 0 Å². The van der Waals surface area contributed by atoms with Crippen LogP contribution in [0.3, 0.4) is 0 Å². The Morgan fingerprint density at radius 2 is 2.00 bits per heavy atom. The van der Waals surface area contributed by atoms with Crippen molar-refractivity contribution in [3.8, 4) is 0 Å². The molecule has 1 fully saturated rings. The summed E-state index contributed by atoms with van der Waals surface area (Å²) in [4.78, 5) is 0. The molecular formula is C18H29NO. The smallest absolute Gasteiger partial charge is 0.0872 e. The maximum absolute atomic E-state index is 6.07. The van der Waals surface area contributed by atoms with Crippen molar-refractivity contribution in [2.45, 2.75) is 64.0 Å². The molecule has 20 heavy (non-hydrogen) atoms. The second-order valence-corrected chi connectivity index (χ2v) is 6.13. The second kappa shape index (κ2) is 7.24. The predicted octanol–water partition coefficient (Wildman–Crippen LogP) is 4.39. The minimum Gasteiger partial charge on any atom is -0.376 e. The first-order valence-electron chi connectivity index (χ1n) is 8.07. The van der Waals surface area contributed by atoms with Crippen LogP contribution in [0.4, 0.5) is 0 Å². The summed E-state index contributed by atoms with van der Waals surface area (Å²) in [6, 6.07) is 9.20. The Morgan fingerprint density at radius 1 is 1.25 bits per heavy atom. The van der Waals surface area contributed by atoms with Gasteiger partial charge in [-0.3, -0.25) is 0 Å². The summed E-state index contributed by atoms with van der Waals surface area (Å²) in [5.41, 5.74) is 2.68.